The smallest absolute Gasteiger partial charge is 0.256 e. The number of carbonyl (C=O) groups excluding carboxylic acids is 3. The number of para-hydroxylation sites is 2. The minimum absolute atomic E-state index is 0.0416. The minimum atomic E-state index is -0.503. The second-order valence-corrected chi connectivity index (χ2v) is 11.3. The summed E-state index contributed by atoms with van der Waals surface area (Å²) in [5.74, 6) is -0.171. The van der Waals surface area contributed by atoms with Crippen LogP contribution in [0.25, 0.3) is 0 Å². The van der Waals surface area contributed by atoms with Crippen LogP contribution in [0.15, 0.2) is 66.9 Å². The lowest BCUT2D eigenvalue weighted by molar-refractivity contribution is -0.111. The van der Waals surface area contributed by atoms with E-state index >= 15 is 0 Å². The molecule has 0 bridgehead atoms. The van der Waals surface area contributed by atoms with Crippen molar-refractivity contribution in [3.8, 4) is 0 Å². The normalized spacial score (nSPS) is 16.3. The molecule has 2 atom stereocenters. The molecule has 1 saturated carbocycles. The van der Waals surface area contributed by atoms with Crippen LogP contribution in [0.4, 0.5) is 28.8 Å². The second-order valence-electron chi connectivity index (χ2n) is 11.3. The first kappa shape index (κ1) is 32.9. The number of nitrogens with one attached hydrogen (secondary N) is 5. The molecule has 0 radical (unpaired) electrons. The van der Waals surface area contributed by atoms with E-state index in [2.05, 4.69) is 36.6 Å². The number of primary amides is 1. The molecular formula is C33H43N9O3. The van der Waals surface area contributed by atoms with E-state index in [1.165, 1.54) is 6.20 Å². The zero-order chi connectivity index (χ0) is 32.2. The Labute approximate surface area is 264 Å². The molecule has 3 amide bonds. The molecule has 3 aromatic rings. The van der Waals surface area contributed by atoms with E-state index < -0.39 is 5.91 Å². The fourth-order valence-corrected chi connectivity index (χ4v) is 5.03. The summed E-state index contributed by atoms with van der Waals surface area (Å²) >= 11 is 0. The van der Waals surface area contributed by atoms with Gasteiger partial charge in [0, 0.05) is 48.7 Å². The third-order valence-corrected chi connectivity index (χ3v) is 7.30. The topological polar surface area (TPSA) is 166 Å². The lowest BCUT2D eigenvalue weighted by Gasteiger charge is -2.31. The Morgan fingerprint density at radius 2 is 1.76 bits per heavy atom. The summed E-state index contributed by atoms with van der Waals surface area (Å²) < 4.78 is 0. The first-order valence-electron chi connectivity index (χ1n) is 15.3. The van der Waals surface area contributed by atoms with Crippen LogP contribution in [0.1, 0.15) is 59.7 Å². The fraction of sp³-hybridized carbons (Fsp3) is 0.364. The lowest BCUT2D eigenvalue weighted by Crippen LogP contribution is -2.42. The first-order chi connectivity index (χ1) is 21.7. The van der Waals surface area contributed by atoms with Gasteiger partial charge in [0.05, 0.1) is 11.4 Å². The quantitative estimate of drug-likeness (QED) is 0.145. The molecule has 0 unspecified atom stereocenters. The van der Waals surface area contributed by atoms with Gasteiger partial charge in [-0.2, -0.15) is 4.98 Å². The lowest BCUT2D eigenvalue weighted by atomic mass is 9.90. The predicted octanol–water partition coefficient (Wildman–Crippen LogP) is 4.35. The molecule has 1 aliphatic carbocycles. The summed E-state index contributed by atoms with van der Waals surface area (Å²) in [5.41, 5.74) is 8.33. The van der Waals surface area contributed by atoms with Crippen LogP contribution in [0.5, 0.6) is 0 Å². The summed E-state index contributed by atoms with van der Waals surface area (Å²) in [5, 5.41) is 16.1. The molecule has 1 fully saturated rings. The van der Waals surface area contributed by atoms with Crippen molar-refractivity contribution in [2.75, 3.05) is 48.5 Å². The fourth-order valence-electron chi connectivity index (χ4n) is 5.03. The molecule has 1 aliphatic rings. The van der Waals surface area contributed by atoms with Gasteiger partial charge in [-0.05, 0) is 82.6 Å². The van der Waals surface area contributed by atoms with Crippen molar-refractivity contribution in [1.29, 1.82) is 0 Å². The Kier molecular flexibility index (Phi) is 11.9. The van der Waals surface area contributed by atoms with E-state index in [0.29, 0.717) is 47.4 Å². The second kappa shape index (κ2) is 16.2. The molecule has 12 nitrogen and oxygen atoms in total. The Balaban J connectivity index is 1.39. The Bertz CT molecular complexity index is 1490. The molecule has 2 aromatic carbocycles. The molecule has 7 N–H and O–H groups in total. The van der Waals surface area contributed by atoms with Crippen LogP contribution in [0.3, 0.4) is 0 Å². The highest BCUT2D eigenvalue weighted by molar-refractivity contribution is 6.01. The molecule has 4 rings (SSSR count). The predicted molar refractivity (Wildman–Crippen MR) is 179 cm³/mol. The van der Waals surface area contributed by atoms with Gasteiger partial charge in [0.25, 0.3) is 5.91 Å². The van der Waals surface area contributed by atoms with Crippen LogP contribution in [0.2, 0.25) is 0 Å². The van der Waals surface area contributed by atoms with Crippen molar-refractivity contribution in [1.82, 2.24) is 20.2 Å². The van der Waals surface area contributed by atoms with Crippen LogP contribution in [-0.4, -0.2) is 71.9 Å². The number of hydrogen-bond donors (Lipinski definition) is 6. The van der Waals surface area contributed by atoms with Crippen molar-refractivity contribution in [3.05, 3.63) is 78.0 Å². The van der Waals surface area contributed by atoms with Crippen molar-refractivity contribution in [3.63, 3.8) is 0 Å². The molecule has 1 heterocycles. The van der Waals surface area contributed by atoms with Gasteiger partial charge in [0.2, 0.25) is 17.8 Å². The molecule has 0 spiro atoms. The van der Waals surface area contributed by atoms with E-state index in [1.54, 1.807) is 30.3 Å². The number of rotatable bonds is 14. The average Bonchev–Trinajstić information content (AvgIpc) is 3.01. The summed E-state index contributed by atoms with van der Waals surface area (Å²) in [4.78, 5) is 48.2. The van der Waals surface area contributed by atoms with E-state index in [-0.39, 0.29) is 23.9 Å². The van der Waals surface area contributed by atoms with Gasteiger partial charge in [0.15, 0.2) is 0 Å². The first-order valence-corrected chi connectivity index (χ1v) is 15.3. The van der Waals surface area contributed by atoms with Crippen LogP contribution in [0, 0.1) is 0 Å². The van der Waals surface area contributed by atoms with Crippen LogP contribution >= 0.6 is 0 Å². The molecule has 0 saturated heterocycles. The number of nitrogens with zero attached hydrogens (tertiary/aromatic N) is 3. The van der Waals surface area contributed by atoms with Gasteiger partial charge < -0.3 is 37.2 Å². The summed E-state index contributed by atoms with van der Waals surface area (Å²) in [6, 6.07) is 14.4. The molecule has 0 aliphatic heterocycles. The average molecular weight is 614 g/mol. The standard InChI is InChI=1S/C33H43N9O3/c1-4-18-35-31-26(21-36-33(41-31)39-23-16-14-22(15-17-23)30(34)44)32(45)38-25-10-7-9-24(20-25)37-27-11-5-6-12-28(27)40-29(43)13-8-19-42(2)3/h5-6,8,11-17,21,24-25,37H,4,7,9-10,18-20H2,1-3H3,(H2,34,44)(H,38,45)(H,40,43)(H2,35,36,39,41)/b13-8+/t24-,25-/m0/s1. The molecular weight excluding hydrogens is 570 g/mol. The summed E-state index contributed by atoms with van der Waals surface area (Å²) in [6.07, 6.45) is 9.22. The molecule has 238 valence electrons. The zero-order valence-corrected chi connectivity index (χ0v) is 26.1. The Hall–Kier alpha value is -4.97. The van der Waals surface area contributed by atoms with E-state index in [0.717, 1.165) is 37.8 Å². The number of amides is 3. The van der Waals surface area contributed by atoms with Crippen LogP contribution in [-0.2, 0) is 4.79 Å². The summed E-state index contributed by atoms with van der Waals surface area (Å²) in [7, 11) is 3.89. The Morgan fingerprint density at radius 1 is 1.02 bits per heavy atom. The minimum Gasteiger partial charge on any atom is -0.381 e. The number of nitrogens with two attached hydrogens (primary N) is 1. The van der Waals surface area contributed by atoms with Gasteiger partial charge in [0.1, 0.15) is 11.4 Å². The van der Waals surface area contributed by atoms with E-state index in [9.17, 15) is 14.4 Å². The van der Waals surface area contributed by atoms with Crippen molar-refractivity contribution in [2.45, 2.75) is 51.1 Å². The van der Waals surface area contributed by atoms with Gasteiger partial charge in [-0.1, -0.05) is 25.1 Å². The number of likely N-dealkylation sites (N-methyl/N-ethyl adjacent to an activating group) is 1. The van der Waals surface area contributed by atoms with Crippen molar-refractivity contribution in [2.24, 2.45) is 5.73 Å². The third-order valence-electron chi connectivity index (χ3n) is 7.30. The van der Waals surface area contributed by atoms with Gasteiger partial charge in [-0.3, -0.25) is 14.4 Å². The number of hydrogen-bond acceptors (Lipinski definition) is 9. The third kappa shape index (κ3) is 10.0. The number of carbonyl (C=O) groups is 3. The monoisotopic (exact) mass is 613 g/mol. The van der Waals surface area contributed by atoms with E-state index in [1.807, 2.05) is 56.3 Å². The van der Waals surface area contributed by atoms with Gasteiger partial charge >= 0.3 is 0 Å². The summed E-state index contributed by atoms with van der Waals surface area (Å²) in [6.45, 7) is 3.36. The maximum Gasteiger partial charge on any atom is 0.256 e. The maximum absolute atomic E-state index is 13.5. The largest absolute Gasteiger partial charge is 0.381 e. The van der Waals surface area contributed by atoms with Gasteiger partial charge in [-0.25, -0.2) is 4.98 Å². The van der Waals surface area contributed by atoms with Crippen LogP contribution < -0.4 is 32.3 Å². The SMILES string of the molecule is CCCNc1nc(Nc2ccc(C(N)=O)cc2)ncc1C(=O)N[C@H]1CCC[C@H](Nc2ccccc2NC(=O)/C=C/CN(C)C)C1. The number of benzene rings is 2. The maximum atomic E-state index is 13.5. The van der Waals surface area contributed by atoms with Crippen molar-refractivity contribution < 1.29 is 14.4 Å². The zero-order valence-electron chi connectivity index (χ0n) is 26.1. The van der Waals surface area contributed by atoms with Crippen molar-refractivity contribution >= 4 is 46.5 Å². The highest BCUT2D eigenvalue weighted by atomic mass is 16.2. The Morgan fingerprint density at radius 3 is 2.47 bits per heavy atom. The van der Waals surface area contributed by atoms with Gasteiger partial charge in [-0.15, -0.1) is 0 Å². The highest BCUT2D eigenvalue weighted by Gasteiger charge is 2.26. The number of anilines is 5. The molecule has 1 aromatic heterocycles. The van der Waals surface area contributed by atoms with E-state index in [4.69, 9.17) is 5.73 Å². The molecule has 45 heavy (non-hydrogen) atoms. The molecule has 12 heteroatoms. The number of aromatic nitrogens is 2. The highest BCUT2D eigenvalue weighted by Crippen LogP contribution is 2.28.